The third-order valence-corrected chi connectivity index (χ3v) is 6.84. The molecule has 4 aliphatic rings. The molecule has 3 heterocycles. The van der Waals surface area contributed by atoms with Gasteiger partial charge in [0.15, 0.2) is 5.72 Å². The van der Waals surface area contributed by atoms with E-state index in [-0.39, 0.29) is 52.8 Å². The third-order valence-electron chi connectivity index (χ3n) is 6.84. The molecule has 1 aromatic carbocycles. The van der Waals surface area contributed by atoms with Crippen LogP contribution < -0.4 is 16.4 Å². The molecule has 2 fully saturated rings. The van der Waals surface area contributed by atoms with Crippen LogP contribution in [0.15, 0.2) is 46.8 Å². The highest BCUT2D eigenvalue weighted by molar-refractivity contribution is 6.25. The number of allylic oxidation sites excluding steroid dienone is 2. The molecular weight excluding hydrogens is 404 g/mol. The fraction of sp³-hybridized carbons (Fsp3) is 0.381. The molecule has 0 aromatic heterocycles. The maximum absolute atomic E-state index is 13.1. The van der Waals surface area contributed by atoms with Crippen LogP contribution in [0.1, 0.15) is 6.92 Å². The van der Waals surface area contributed by atoms with Crippen molar-refractivity contribution in [2.45, 2.75) is 24.7 Å². The number of nitrogens with two attached hydrogens (primary N) is 2. The van der Waals surface area contributed by atoms with Gasteiger partial charge in [0.2, 0.25) is 11.6 Å². The number of anilines is 1. The van der Waals surface area contributed by atoms with Crippen LogP contribution in [0, 0.1) is 5.92 Å². The van der Waals surface area contributed by atoms with Crippen molar-refractivity contribution in [1.82, 2.24) is 4.90 Å². The molecule has 0 saturated carbocycles. The van der Waals surface area contributed by atoms with Gasteiger partial charge in [0, 0.05) is 30.5 Å². The summed E-state index contributed by atoms with van der Waals surface area (Å²) in [6.45, 7) is 1.74. The Balaban J connectivity index is 1.60. The SMILES string of the molecule is CO[C@@]12[C@H](COC(N)=O)C3=C(C(=O)C(C)=C(N)C3=O)N1C[C@H]1[C@@H]2N1c1ccc(O)cc1. The van der Waals surface area contributed by atoms with Crippen LogP contribution in [0.2, 0.25) is 0 Å². The molecule has 1 aromatic rings. The number of piperazine rings is 1. The van der Waals surface area contributed by atoms with Crippen molar-refractivity contribution in [3.05, 3.63) is 46.8 Å². The largest absolute Gasteiger partial charge is 0.508 e. The highest BCUT2D eigenvalue weighted by atomic mass is 16.6. The molecule has 0 spiro atoms. The number of nitrogens with zero attached hydrogens (tertiary/aromatic N) is 2. The Bertz CT molecular complexity index is 1090. The van der Waals surface area contributed by atoms with E-state index < -0.39 is 23.5 Å². The molecule has 1 amide bonds. The van der Waals surface area contributed by atoms with E-state index >= 15 is 0 Å². The smallest absolute Gasteiger partial charge is 0.404 e. The number of phenols is 1. The Labute approximate surface area is 177 Å². The summed E-state index contributed by atoms with van der Waals surface area (Å²) in [4.78, 5) is 41.6. The van der Waals surface area contributed by atoms with Gasteiger partial charge in [-0.1, -0.05) is 0 Å². The number of hydrogen-bond donors (Lipinski definition) is 3. The predicted octanol–water partition coefficient (Wildman–Crippen LogP) is -0.0286. The summed E-state index contributed by atoms with van der Waals surface area (Å²) < 4.78 is 11.2. The predicted molar refractivity (Wildman–Crippen MR) is 108 cm³/mol. The summed E-state index contributed by atoms with van der Waals surface area (Å²) in [6.07, 6.45) is -0.984. The number of fused-ring (bicyclic) bond motifs is 4. The lowest BCUT2D eigenvalue weighted by atomic mass is 9.82. The van der Waals surface area contributed by atoms with Crippen molar-refractivity contribution in [2.75, 3.05) is 25.2 Å². The number of carbonyl (C=O) groups excluding carboxylic acids is 3. The number of hydrogen-bond acceptors (Lipinski definition) is 9. The monoisotopic (exact) mass is 426 g/mol. The lowest BCUT2D eigenvalue weighted by Gasteiger charge is -2.41. The van der Waals surface area contributed by atoms with Crippen LogP contribution in [-0.2, 0) is 19.1 Å². The van der Waals surface area contributed by atoms with Gasteiger partial charge in [-0.3, -0.25) is 9.59 Å². The number of ketones is 2. The minimum Gasteiger partial charge on any atom is -0.508 e. The number of primary amides is 1. The van der Waals surface area contributed by atoms with Gasteiger partial charge < -0.3 is 35.8 Å². The molecule has 5 N–H and O–H groups in total. The van der Waals surface area contributed by atoms with Crippen LogP contribution in [0.25, 0.3) is 0 Å². The highest BCUT2D eigenvalue weighted by Crippen LogP contribution is 2.60. The second-order valence-corrected chi connectivity index (χ2v) is 8.14. The summed E-state index contributed by atoms with van der Waals surface area (Å²) in [7, 11) is 1.51. The van der Waals surface area contributed by atoms with E-state index in [1.54, 1.807) is 24.3 Å². The zero-order chi connectivity index (χ0) is 22.2. The molecule has 2 saturated heterocycles. The summed E-state index contributed by atoms with van der Waals surface area (Å²) in [6, 6.07) is 6.56. The Kier molecular flexibility index (Phi) is 3.91. The summed E-state index contributed by atoms with van der Waals surface area (Å²) >= 11 is 0. The molecule has 0 bridgehead atoms. The van der Waals surface area contributed by atoms with Gasteiger partial charge in [-0.25, -0.2) is 4.79 Å². The normalized spacial score (nSPS) is 31.1. The molecule has 0 unspecified atom stereocenters. The average Bonchev–Trinajstić information content (AvgIpc) is 3.24. The van der Waals surface area contributed by atoms with Gasteiger partial charge >= 0.3 is 6.09 Å². The zero-order valence-corrected chi connectivity index (χ0v) is 17.0. The number of benzene rings is 1. The molecule has 4 atom stereocenters. The van der Waals surface area contributed by atoms with Crippen LogP contribution in [0.3, 0.4) is 0 Å². The number of amides is 1. The molecule has 31 heavy (non-hydrogen) atoms. The van der Waals surface area contributed by atoms with Crippen LogP contribution >= 0.6 is 0 Å². The molecule has 162 valence electrons. The summed E-state index contributed by atoms with van der Waals surface area (Å²) in [5.74, 6) is -1.38. The molecule has 10 nitrogen and oxygen atoms in total. The maximum atomic E-state index is 13.1. The van der Waals surface area contributed by atoms with Crippen molar-refractivity contribution in [2.24, 2.45) is 17.4 Å². The van der Waals surface area contributed by atoms with Crippen molar-refractivity contribution in [1.29, 1.82) is 0 Å². The van der Waals surface area contributed by atoms with Gasteiger partial charge in [-0.15, -0.1) is 0 Å². The number of ether oxygens (including phenoxy) is 2. The first-order chi connectivity index (χ1) is 14.7. The Morgan fingerprint density at radius 3 is 2.55 bits per heavy atom. The Morgan fingerprint density at radius 2 is 1.94 bits per heavy atom. The minimum absolute atomic E-state index is 0.0149. The van der Waals surface area contributed by atoms with E-state index in [9.17, 15) is 19.5 Å². The number of phenolic OH excluding ortho intramolecular Hbond substituents is 1. The maximum Gasteiger partial charge on any atom is 0.404 e. The lowest BCUT2D eigenvalue weighted by Crippen LogP contribution is -2.55. The fourth-order valence-electron chi connectivity index (χ4n) is 5.45. The Hall–Kier alpha value is -3.53. The van der Waals surface area contributed by atoms with Crippen molar-refractivity contribution in [3.63, 3.8) is 0 Å². The first-order valence-electron chi connectivity index (χ1n) is 9.86. The molecule has 3 aliphatic heterocycles. The van der Waals surface area contributed by atoms with E-state index in [4.69, 9.17) is 20.9 Å². The molecular formula is C21H22N4O6. The number of aromatic hydroxyl groups is 1. The summed E-state index contributed by atoms with van der Waals surface area (Å²) in [5, 5.41) is 9.61. The number of methoxy groups -OCH3 is 1. The van der Waals surface area contributed by atoms with Gasteiger partial charge in [-0.05, 0) is 31.2 Å². The van der Waals surface area contributed by atoms with Crippen LogP contribution in [-0.4, -0.2) is 65.7 Å². The quantitative estimate of drug-likeness (QED) is 0.446. The first kappa shape index (κ1) is 19.4. The Morgan fingerprint density at radius 1 is 1.26 bits per heavy atom. The van der Waals surface area contributed by atoms with Crippen LogP contribution in [0.4, 0.5) is 10.5 Å². The van der Waals surface area contributed by atoms with Crippen LogP contribution in [0.5, 0.6) is 5.75 Å². The molecule has 1 aliphatic carbocycles. The van der Waals surface area contributed by atoms with Gasteiger partial charge in [-0.2, -0.15) is 0 Å². The second kappa shape index (κ2) is 6.24. The summed E-state index contributed by atoms with van der Waals surface area (Å²) in [5.41, 5.74) is 11.5. The van der Waals surface area contributed by atoms with E-state index in [0.29, 0.717) is 6.54 Å². The zero-order valence-electron chi connectivity index (χ0n) is 17.0. The minimum atomic E-state index is -1.11. The van der Waals surface area contributed by atoms with E-state index in [1.807, 2.05) is 4.90 Å². The first-order valence-corrected chi connectivity index (χ1v) is 9.86. The van der Waals surface area contributed by atoms with Crippen molar-refractivity contribution >= 4 is 23.3 Å². The topological polar surface area (TPSA) is 148 Å². The van der Waals surface area contributed by atoms with E-state index in [1.165, 1.54) is 14.0 Å². The van der Waals surface area contributed by atoms with Gasteiger partial charge in [0.05, 0.1) is 23.4 Å². The standard InChI is InChI=1S/C21H22N4O6/c1-9-15(22)18(28)14-12(8-31-20(23)29)21(30-2)19-13(7-24(21)16(14)17(9)27)25(19)10-3-5-11(26)6-4-10/h3-6,12-13,19,26H,7-8,22H2,1-2H3,(H2,23,29)/t12-,13+,19+,21-,25?/m1/s1. The van der Waals surface area contributed by atoms with E-state index in [2.05, 4.69) is 4.90 Å². The number of rotatable bonds is 4. The number of Topliss-reactive ketones (excluding diaryl/α,β-unsaturated/α-hetero) is 2. The molecule has 0 radical (unpaired) electrons. The second-order valence-electron chi connectivity index (χ2n) is 8.14. The molecule has 5 rings (SSSR count). The number of carbonyl (C=O) groups is 3. The van der Waals surface area contributed by atoms with Gasteiger partial charge in [0.1, 0.15) is 18.4 Å². The van der Waals surface area contributed by atoms with Crippen molar-refractivity contribution < 1.29 is 29.0 Å². The highest BCUT2D eigenvalue weighted by Gasteiger charge is 2.76. The van der Waals surface area contributed by atoms with Crippen molar-refractivity contribution in [3.8, 4) is 5.75 Å². The fourth-order valence-corrected chi connectivity index (χ4v) is 5.45. The van der Waals surface area contributed by atoms with Gasteiger partial charge in [0.25, 0.3) is 0 Å². The van der Waals surface area contributed by atoms with E-state index in [0.717, 1.165) is 5.69 Å². The average molecular weight is 426 g/mol. The molecule has 10 heteroatoms. The lowest BCUT2D eigenvalue weighted by molar-refractivity contribution is -0.135. The third kappa shape index (κ3) is 2.33.